The Hall–Kier alpha value is -3.42. The van der Waals surface area contributed by atoms with Gasteiger partial charge in [-0.05, 0) is 25.0 Å². The number of nitrogens with zero attached hydrogens (tertiary/aromatic N) is 5. The van der Waals surface area contributed by atoms with Crippen molar-refractivity contribution in [2.24, 2.45) is 5.92 Å². The van der Waals surface area contributed by atoms with Crippen molar-refractivity contribution in [2.45, 2.75) is 39.7 Å². The number of hydrogen-bond donors (Lipinski definition) is 0. The van der Waals surface area contributed by atoms with Crippen LogP contribution in [-0.2, 0) is 22.6 Å². The third-order valence-electron chi connectivity index (χ3n) is 5.30. The Bertz CT molecular complexity index is 1110. The van der Waals surface area contributed by atoms with Gasteiger partial charge in [0.2, 0.25) is 5.91 Å². The highest BCUT2D eigenvalue weighted by molar-refractivity contribution is 5.95. The first kappa shape index (κ1) is 20.8. The second-order valence-electron chi connectivity index (χ2n) is 8.08. The molecule has 0 fully saturated rings. The number of Topliss-reactive ketones (excluding diaryl/α,β-unsaturated/α-hetero) is 1. The molecule has 1 atom stereocenters. The molecular weight excluding hydrogens is 397 g/mol. The van der Waals surface area contributed by atoms with Crippen LogP contribution in [0.3, 0.4) is 0 Å². The largest absolute Gasteiger partial charge is 0.299 e. The molecule has 0 radical (unpaired) electrons. The summed E-state index contributed by atoms with van der Waals surface area (Å²) in [7, 11) is 0. The molecule has 31 heavy (non-hydrogen) atoms. The van der Waals surface area contributed by atoms with Gasteiger partial charge in [0, 0.05) is 67.6 Å². The molecule has 0 spiro atoms. The number of aromatic nitrogens is 4. The van der Waals surface area contributed by atoms with Gasteiger partial charge in [-0.2, -0.15) is 5.10 Å². The Morgan fingerprint density at radius 2 is 1.94 bits per heavy atom. The van der Waals surface area contributed by atoms with Crippen LogP contribution in [0.1, 0.15) is 31.2 Å². The average molecular weight is 421 g/mol. The standard InChI is InChI=1S/C23H24FN5O2/c1-15-13-28(22-7-16(2)27-29(22)14-15)23(31)6-5-21(30)9-20-4-3-17(11-26-20)18-8-19(24)12-25-10-18/h3-4,7-8,10-12,15H,5-6,9,13-14H2,1-2H3. The number of fused-ring (bicyclic) bond motifs is 1. The van der Waals surface area contributed by atoms with Gasteiger partial charge in [-0.1, -0.05) is 13.0 Å². The van der Waals surface area contributed by atoms with Crippen LogP contribution in [0.2, 0.25) is 0 Å². The van der Waals surface area contributed by atoms with Crippen LogP contribution in [0.5, 0.6) is 0 Å². The maximum atomic E-state index is 13.3. The molecule has 8 heteroatoms. The van der Waals surface area contributed by atoms with E-state index in [-0.39, 0.29) is 31.0 Å². The molecule has 0 saturated heterocycles. The van der Waals surface area contributed by atoms with Gasteiger partial charge in [-0.25, -0.2) is 9.07 Å². The van der Waals surface area contributed by atoms with E-state index in [4.69, 9.17) is 0 Å². The van der Waals surface area contributed by atoms with Crippen LogP contribution in [0.25, 0.3) is 11.1 Å². The van der Waals surface area contributed by atoms with Crippen molar-refractivity contribution in [3.63, 3.8) is 0 Å². The fraction of sp³-hybridized carbons (Fsp3) is 0.348. The summed E-state index contributed by atoms with van der Waals surface area (Å²) in [6, 6.07) is 6.82. The van der Waals surface area contributed by atoms with Gasteiger partial charge in [-0.15, -0.1) is 0 Å². The van der Waals surface area contributed by atoms with Crippen molar-refractivity contribution in [3.05, 3.63) is 60.1 Å². The van der Waals surface area contributed by atoms with Crippen LogP contribution in [-0.4, -0.2) is 38.0 Å². The highest BCUT2D eigenvalue weighted by Gasteiger charge is 2.27. The number of anilines is 1. The summed E-state index contributed by atoms with van der Waals surface area (Å²) in [6.07, 6.45) is 4.78. The van der Waals surface area contributed by atoms with Gasteiger partial charge in [0.25, 0.3) is 0 Å². The molecule has 0 saturated carbocycles. The smallest absolute Gasteiger partial charge is 0.228 e. The summed E-state index contributed by atoms with van der Waals surface area (Å²) in [4.78, 5) is 35.1. The molecule has 3 aromatic heterocycles. The number of amides is 1. The van der Waals surface area contributed by atoms with Gasteiger partial charge in [0.15, 0.2) is 0 Å². The molecule has 0 N–H and O–H groups in total. The zero-order valence-corrected chi connectivity index (χ0v) is 17.6. The zero-order chi connectivity index (χ0) is 22.0. The first-order chi connectivity index (χ1) is 14.9. The number of hydrogen-bond acceptors (Lipinski definition) is 5. The zero-order valence-electron chi connectivity index (χ0n) is 17.6. The van der Waals surface area contributed by atoms with E-state index in [0.29, 0.717) is 23.7 Å². The van der Waals surface area contributed by atoms with E-state index in [1.54, 1.807) is 29.4 Å². The second-order valence-corrected chi connectivity index (χ2v) is 8.08. The summed E-state index contributed by atoms with van der Waals surface area (Å²) in [5.41, 5.74) is 2.85. The first-order valence-electron chi connectivity index (χ1n) is 10.3. The first-order valence-corrected chi connectivity index (χ1v) is 10.3. The summed E-state index contributed by atoms with van der Waals surface area (Å²) < 4.78 is 15.2. The molecule has 3 aromatic rings. The van der Waals surface area contributed by atoms with Crippen molar-refractivity contribution >= 4 is 17.5 Å². The molecule has 0 aromatic carbocycles. The predicted octanol–water partition coefficient (Wildman–Crippen LogP) is 3.36. The summed E-state index contributed by atoms with van der Waals surface area (Å²) in [5, 5.41) is 4.44. The molecule has 7 nitrogen and oxygen atoms in total. The molecule has 4 heterocycles. The Kier molecular flexibility index (Phi) is 5.88. The van der Waals surface area contributed by atoms with Crippen LogP contribution in [0, 0.1) is 18.7 Å². The molecule has 1 aliphatic heterocycles. The van der Waals surface area contributed by atoms with Gasteiger partial charge in [0.05, 0.1) is 11.9 Å². The maximum absolute atomic E-state index is 13.3. The third-order valence-corrected chi connectivity index (χ3v) is 5.30. The van der Waals surface area contributed by atoms with Crippen LogP contribution in [0.4, 0.5) is 10.2 Å². The van der Waals surface area contributed by atoms with Gasteiger partial charge in [0.1, 0.15) is 17.4 Å². The lowest BCUT2D eigenvalue weighted by Crippen LogP contribution is -2.41. The highest BCUT2D eigenvalue weighted by Crippen LogP contribution is 2.25. The van der Waals surface area contributed by atoms with Crippen molar-refractivity contribution in [1.29, 1.82) is 0 Å². The third kappa shape index (κ3) is 4.84. The quantitative estimate of drug-likeness (QED) is 0.610. The molecule has 1 amide bonds. The van der Waals surface area contributed by atoms with E-state index in [0.717, 1.165) is 29.8 Å². The number of halogens is 1. The SMILES string of the molecule is Cc1cc2n(n1)CC(C)CN2C(=O)CCC(=O)Cc1ccc(-c2cncc(F)c2)cn1. The number of rotatable bonds is 6. The molecule has 0 bridgehead atoms. The normalized spacial score (nSPS) is 15.6. The van der Waals surface area contributed by atoms with E-state index >= 15 is 0 Å². The minimum absolute atomic E-state index is 0.0456. The topological polar surface area (TPSA) is 81.0 Å². The lowest BCUT2D eigenvalue weighted by atomic mass is 10.1. The lowest BCUT2D eigenvalue weighted by Gasteiger charge is -2.31. The Labute approximate surface area is 179 Å². The second kappa shape index (κ2) is 8.75. The minimum Gasteiger partial charge on any atom is -0.299 e. The number of carbonyl (C=O) groups is 2. The lowest BCUT2D eigenvalue weighted by molar-refractivity contribution is -0.123. The molecule has 4 rings (SSSR count). The van der Waals surface area contributed by atoms with E-state index in [1.165, 1.54) is 6.07 Å². The summed E-state index contributed by atoms with van der Waals surface area (Å²) >= 11 is 0. The number of carbonyl (C=O) groups excluding carboxylic acids is 2. The van der Waals surface area contributed by atoms with Crippen LogP contribution in [0.15, 0.2) is 42.9 Å². The van der Waals surface area contributed by atoms with Crippen molar-refractivity contribution in [2.75, 3.05) is 11.4 Å². The molecular formula is C23H24FN5O2. The fourth-order valence-electron chi connectivity index (χ4n) is 3.81. The van der Waals surface area contributed by atoms with Crippen molar-refractivity contribution < 1.29 is 14.0 Å². The van der Waals surface area contributed by atoms with E-state index in [1.807, 2.05) is 17.7 Å². The number of aryl methyl sites for hydroxylation is 1. The van der Waals surface area contributed by atoms with Crippen molar-refractivity contribution in [3.8, 4) is 11.1 Å². The monoisotopic (exact) mass is 421 g/mol. The van der Waals surface area contributed by atoms with Gasteiger partial charge >= 0.3 is 0 Å². The summed E-state index contributed by atoms with van der Waals surface area (Å²) in [6.45, 7) is 5.42. The number of ketones is 1. The fourth-order valence-corrected chi connectivity index (χ4v) is 3.81. The molecule has 1 aliphatic rings. The van der Waals surface area contributed by atoms with E-state index in [2.05, 4.69) is 22.0 Å². The number of pyridine rings is 2. The van der Waals surface area contributed by atoms with E-state index in [9.17, 15) is 14.0 Å². The predicted molar refractivity (Wildman–Crippen MR) is 114 cm³/mol. The molecule has 1 unspecified atom stereocenters. The maximum Gasteiger partial charge on any atom is 0.228 e. The minimum atomic E-state index is -0.414. The highest BCUT2D eigenvalue weighted by atomic mass is 19.1. The summed E-state index contributed by atoms with van der Waals surface area (Å²) in [5.74, 6) is 0.584. The van der Waals surface area contributed by atoms with Crippen molar-refractivity contribution in [1.82, 2.24) is 19.7 Å². The van der Waals surface area contributed by atoms with Crippen LogP contribution >= 0.6 is 0 Å². The Balaban J connectivity index is 1.34. The Morgan fingerprint density at radius 1 is 1.10 bits per heavy atom. The van der Waals surface area contributed by atoms with E-state index < -0.39 is 5.82 Å². The van der Waals surface area contributed by atoms with Crippen LogP contribution < -0.4 is 4.90 Å². The average Bonchev–Trinajstić information content (AvgIpc) is 3.11. The Morgan fingerprint density at radius 3 is 2.68 bits per heavy atom. The molecule has 160 valence electrons. The van der Waals surface area contributed by atoms with Gasteiger partial charge in [-0.3, -0.25) is 24.5 Å². The molecule has 0 aliphatic carbocycles. The van der Waals surface area contributed by atoms with Gasteiger partial charge < -0.3 is 0 Å².